The molecule has 1 unspecified atom stereocenters. The van der Waals surface area contributed by atoms with Gasteiger partial charge in [0.25, 0.3) is 11.8 Å². The highest BCUT2D eigenvalue weighted by Crippen LogP contribution is 2.18. The Morgan fingerprint density at radius 1 is 1.10 bits per heavy atom. The van der Waals surface area contributed by atoms with E-state index in [4.69, 9.17) is 16.3 Å². The van der Waals surface area contributed by atoms with Gasteiger partial charge in [-0.2, -0.15) is 0 Å². The van der Waals surface area contributed by atoms with Gasteiger partial charge in [0.15, 0.2) is 6.61 Å². The number of sulfonamides is 1. The van der Waals surface area contributed by atoms with E-state index in [1.165, 1.54) is 51.4 Å². The third-order valence-corrected chi connectivity index (χ3v) is 6.20. The zero-order valence-corrected chi connectivity index (χ0v) is 18.7. The van der Waals surface area contributed by atoms with Crippen molar-refractivity contribution < 1.29 is 27.5 Å². The molecule has 0 aromatic heterocycles. The first-order chi connectivity index (χ1) is 14.5. The summed E-state index contributed by atoms with van der Waals surface area (Å²) in [4.78, 5) is 36.3. The number of anilines is 1. The summed E-state index contributed by atoms with van der Waals surface area (Å²) in [6.07, 6.45) is 0. The van der Waals surface area contributed by atoms with E-state index in [9.17, 15) is 22.8 Å². The van der Waals surface area contributed by atoms with E-state index < -0.39 is 40.5 Å². The quantitative estimate of drug-likeness (QED) is 0.572. The number of rotatable bonds is 8. The van der Waals surface area contributed by atoms with Crippen molar-refractivity contribution in [2.24, 2.45) is 0 Å². The summed E-state index contributed by atoms with van der Waals surface area (Å²) in [5.74, 6) is -2.05. The Morgan fingerprint density at radius 2 is 1.77 bits per heavy atom. The second-order valence-electron chi connectivity index (χ2n) is 6.65. The van der Waals surface area contributed by atoms with Crippen LogP contribution in [0.3, 0.4) is 0 Å². The average molecular weight is 468 g/mol. The maximum atomic E-state index is 12.2. The first-order valence-electron chi connectivity index (χ1n) is 9.07. The molecule has 2 aromatic rings. The second-order valence-corrected chi connectivity index (χ2v) is 9.21. The predicted octanol–water partition coefficient (Wildman–Crippen LogP) is 1.89. The number of benzene rings is 2. The Bertz CT molecular complexity index is 1090. The number of hydrogen-bond donors (Lipinski definition) is 2. The van der Waals surface area contributed by atoms with Crippen LogP contribution in [0.5, 0.6) is 0 Å². The molecule has 9 nitrogen and oxygen atoms in total. The Morgan fingerprint density at radius 3 is 2.42 bits per heavy atom. The maximum Gasteiger partial charge on any atom is 0.328 e. The number of hydrogen-bond acceptors (Lipinski definition) is 6. The van der Waals surface area contributed by atoms with Crippen LogP contribution in [0.2, 0.25) is 5.02 Å². The molecule has 0 radical (unpaired) electrons. The molecule has 1 atom stereocenters. The van der Waals surface area contributed by atoms with Crippen LogP contribution in [0.15, 0.2) is 53.4 Å². The number of nitrogens with one attached hydrogen (secondary N) is 2. The summed E-state index contributed by atoms with van der Waals surface area (Å²) in [5.41, 5.74) is 0.429. The van der Waals surface area contributed by atoms with Gasteiger partial charge >= 0.3 is 5.97 Å². The molecule has 0 fully saturated rings. The molecular formula is C20H22ClN3O6S. The number of carbonyl (C=O) groups excluding carboxylic acids is 3. The molecule has 2 aromatic carbocycles. The monoisotopic (exact) mass is 467 g/mol. The lowest BCUT2D eigenvalue weighted by molar-refractivity contribution is -0.148. The Kier molecular flexibility index (Phi) is 8.14. The average Bonchev–Trinajstić information content (AvgIpc) is 2.72. The van der Waals surface area contributed by atoms with Crippen molar-refractivity contribution in [3.8, 4) is 0 Å². The van der Waals surface area contributed by atoms with Crippen molar-refractivity contribution in [2.75, 3.05) is 26.0 Å². The van der Waals surface area contributed by atoms with Gasteiger partial charge in [0.05, 0.1) is 15.5 Å². The molecule has 0 aliphatic heterocycles. The van der Waals surface area contributed by atoms with Gasteiger partial charge in [0.2, 0.25) is 10.0 Å². The van der Waals surface area contributed by atoms with Crippen LogP contribution in [-0.2, 0) is 24.3 Å². The first-order valence-corrected chi connectivity index (χ1v) is 10.9. The molecule has 2 amide bonds. The molecule has 0 spiro atoms. The molecular weight excluding hydrogens is 446 g/mol. The molecule has 166 valence electrons. The fourth-order valence-corrected chi connectivity index (χ4v) is 3.55. The number of nitrogens with zero attached hydrogens (tertiary/aromatic N) is 1. The highest BCUT2D eigenvalue weighted by atomic mass is 35.5. The van der Waals surface area contributed by atoms with Gasteiger partial charge in [0, 0.05) is 19.8 Å². The molecule has 0 bridgehead atoms. The van der Waals surface area contributed by atoms with Crippen LogP contribution in [0.4, 0.5) is 5.69 Å². The van der Waals surface area contributed by atoms with Gasteiger partial charge in [-0.1, -0.05) is 29.8 Å². The van der Waals surface area contributed by atoms with E-state index in [0.29, 0.717) is 0 Å². The largest absolute Gasteiger partial charge is 0.454 e. The predicted molar refractivity (Wildman–Crippen MR) is 115 cm³/mol. The standard InChI is InChI=1S/C20H22ClN3O6S/c1-13(22-19(26)16-9-4-5-10-17(16)21)20(27)30-12-18(25)23-14-7-6-8-15(11-14)31(28,29)24(2)3/h4-11,13H,12H2,1-3H3,(H,22,26)(H,23,25). The van der Waals surface area contributed by atoms with E-state index in [1.54, 1.807) is 18.2 Å². The first kappa shape index (κ1) is 24.3. The van der Waals surface area contributed by atoms with Crippen molar-refractivity contribution in [3.05, 3.63) is 59.1 Å². The zero-order valence-electron chi connectivity index (χ0n) is 17.1. The molecule has 0 aliphatic rings. The normalized spacial score (nSPS) is 12.2. The lowest BCUT2D eigenvalue weighted by Gasteiger charge is -2.14. The van der Waals surface area contributed by atoms with Crippen LogP contribution in [-0.4, -0.2) is 57.3 Å². The van der Waals surface area contributed by atoms with E-state index in [-0.39, 0.29) is 21.2 Å². The molecule has 0 saturated carbocycles. The minimum absolute atomic E-state index is 0.00296. The molecule has 0 aliphatic carbocycles. The van der Waals surface area contributed by atoms with E-state index in [0.717, 1.165) is 4.31 Å². The Labute approximate surface area is 185 Å². The molecule has 2 N–H and O–H groups in total. The van der Waals surface area contributed by atoms with Crippen molar-refractivity contribution >= 4 is 45.1 Å². The highest BCUT2D eigenvalue weighted by molar-refractivity contribution is 7.89. The number of ether oxygens (including phenoxy) is 1. The topological polar surface area (TPSA) is 122 Å². The van der Waals surface area contributed by atoms with Gasteiger partial charge in [0.1, 0.15) is 6.04 Å². The lowest BCUT2D eigenvalue weighted by atomic mass is 10.2. The van der Waals surface area contributed by atoms with Crippen LogP contribution in [0, 0.1) is 0 Å². The molecule has 0 heterocycles. The van der Waals surface area contributed by atoms with Crippen molar-refractivity contribution in [2.45, 2.75) is 17.9 Å². The summed E-state index contributed by atoms with van der Waals surface area (Å²) in [7, 11) is -0.874. The van der Waals surface area contributed by atoms with Crippen molar-refractivity contribution in [1.29, 1.82) is 0 Å². The summed E-state index contributed by atoms with van der Waals surface area (Å²) in [6, 6.07) is 11.0. The van der Waals surface area contributed by atoms with Crippen LogP contribution >= 0.6 is 11.6 Å². The van der Waals surface area contributed by atoms with Gasteiger partial charge < -0.3 is 15.4 Å². The molecule has 31 heavy (non-hydrogen) atoms. The van der Waals surface area contributed by atoms with Crippen LogP contribution in [0.25, 0.3) is 0 Å². The highest BCUT2D eigenvalue weighted by Gasteiger charge is 2.21. The molecule has 0 saturated heterocycles. The molecule has 2 rings (SSSR count). The second kappa shape index (κ2) is 10.4. The van der Waals surface area contributed by atoms with Crippen LogP contribution in [0.1, 0.15) is 17.3 Å². The van der Waals surface area contributed by atoms with E-state index in [2.05, 4.69) is 10.6 Å². The van der Waals surface area contributed by atoms with Gasteiger partial charge in [-0.3, -0.25) is 9.59 Å². The number of carbonyl (C=O) groups is 3. The van der Waals surface area contributed by atoms with Gasteiger partial charge in [-0.25, -0.2) is 17.5 Å². The van der Waals surface area contributed by atoms with Gasteiger partial charge in [-0.15, -0.1) is 0 Å². The Balaban J connectivity index is 1.90. The zero-order chi connectivity index (χ0) is 23.2. The van der Waals surface area contributed by atoms with Gasteiger partial charge in [-0.05, 0) is 37.3 Å². The number of esters is 1. The van der Waals surface area contributed by atoms with E-state index >= 15 is 0 Å². The van der Waals surface area contributed by atoms with E-state index in [1.807, 2.05) is 0 Å². The van der Waals surface area contributed by atoms with Crippen LogP contribution < -0.4 is 10.6 Å². The minimum Gasteiger partial charge on any atom is -0.454 e. The molecule has 11 heteroatoms. The van der Waals surface area contributed by atoms with Crippen molar-refractivity contribution in [1.82, 2.24) is 9.62 Å². The smallest absolute Gasteiger partial charge is 0.328 e. The lowest BCUT2D eigenvalue weighted by Crippen LogP contribution is -2.40. The SMILES string of the molecule is CC(NC(=O)c1ccccc1Cl)C(=O)OCC(=O)Nc1cccc(S(=O)(=O)N(C)C)c1. The summed E-state index contributed by atoms with van der Waals surface area (Å²) in [5, 5.41) is 5.14. The Hall–Kier alpha value is -2.95. The third-order valence-electron chi connectivity index (χ3n) is 4.06. The summed E-state index contributed by atoms with van der Waals surface area (Å²) < 4.78 is 30.3. The fraction of sp³-hybridized carbons (Fsp3) is 0.250. The fourth-order valence-electron chi connectivity index (χ4n) is 2.38. The summed E-state index contributed by atoms with van der Waals surface area (Å²) >= 11 is 5.95. The third kappa shape index (κ3) is 6.51. The number of halogens is 1. The maximum absolute atomic E-state index is 12.2. The number of amides is 2. The minimum atomic E-state index is -3.66. The summed E-state index contributed by atoms with van der Waals surface area (Å²) in [6.45, 7) is 0.792. The van der Waals surface area contributed by atoms with Crippen molar-refractivity contribution in [3.63, 3.8) is 0 Å².